The van der Waals surface area contributed by atoms with Gasteiger partial charge in [-0.25, -0.2) is 4.98 Å². The van der Waals surface area contributed by atoms with Crippen LogP contribution in [0.15, 0.2) is 34.7 Å². The minimum atomic E-state index is -0.0350. The van der Waals surface area contributed by atoms with Crippen molar-refractivity contribution in [3.8, 4) is 0 Å². The van der Waals surface area contributed by atoms with E-state index >= 15 is 0 Å². The highest BCUT2D eigenvalue weighted by Gasteiger charge is 2.07. The maximum atomic E-state index is 12.0. The molecule has 1 amide bonds. The first kappa shape index (κ1) is 15.4. The lowest BCUT2D eigenvalue weighted by atomic mass is 10.3. The van der Waals surface area contributed by atoms with Gasteiger partial charge in [0.2, 0.25) is 5.91 Å². The average Bonchev–Trinajstić information content (AvgIpc) is 3.03. The molecule has 0 fully saturated rings. The number of hydrogen-bond acceptors (Lipinski definition) is 5. The molecule has 0 unspecified atom stereocenters. The molecule has 0 aliphatic carbocycles. The number of hydrogen-bond donors (Lipinski definition) is 1. The van der Waals surface area contributed by atoms with Crippen LogP contribution in [0, 0.1) is 6.92 Å². The van der Waals surface area contributed by atoms with Crippen LogP contribution in [0.25, 0.3) is 11.1 Å². The van der Waals surface area contributed by atoms with E-state index in [4.69, 9.17) is 16.0 Å². The van der Waals surface area contributed by atoms with Gasteiger partial charge in [-0.15, -0.1) is 23.1 Å². The zero-order chi connectivity index (χ0) is 15.5. The third kappa shape index (κ3) is 3.82. The standard InChI is InChI=1S/C15H13ClN2O2S2/c1-9-17-12-6-10(2-4-13(12)20-9)18-15(19)8-21-7-11-3-5-14(16)22-11/h2-6H,7-8H2,1H3,(H,18,19). The number of benzene rings is 1. The maximum absolute atomic E-state index is 12.0. The Morgan fingerprint density at radius 2 is 2.27 bits per heavy atom. The highest BCUT2D eigenvalue weighted by atomic mass is 35.5. The number of aryl methyl sites for hydroxylation is 1. The minimum absolute atomic E-state index is 0.0350. The fourth-order valence-electron chi connectivity index (χ4n) is 1.99. The van der Waals surface area contributed by atoms with E-state index < -0.39 is 0 Å². The van der Waals surface area contributed by atoms with Crippen molar-refractivity contribution in [3.05, 3.63) is 45.4 Å². The number of carbonyl (C=O) groups excluding carboxylic acids is 1. The summed E-state index contributed by atoms with van der Waals surface area (Å²) < 4.78 is 6.18. The molecule has 2 aromatic heterocycles. The number of thioether (sulfide) groups is 1. The molecule has 0 saturated carbocycles. The van der Waals surface area contributed by atoms with Gasteiger partial charge in [0.1, 0.15) is 5.52 Å². The second-order valence-electron chi connectivity index (χ2n) is 4.66. The molecule has 1 N–H and O–H groups in total. The summed E-state index contributed by atoms with van der Waals surface area (Å²) in [7, 11) is 0. The van der Waals surface area contributed by atoms with Crippen molar-refractivity contribution in [2.75, 3.05) is 11.1 Å². The first-order valence-electron chi connectivity index (χ1n) is 6.59. The number of carbonyl (C=O) groups is 1. The van der Waals surface area contributed by atoms with Crippen LogP contribution in [0.1, 0.15) is 10.8 Å². The summed E-state index contributed by atoms with van der Waals surface area (Å²) in [5.41, 5.74) is 2.20. The zero-order valence-electron chi connectivity index (χ0n) is 11.8. The molecular weight excluding hydrogens is 340 g/mol. The van der Waals surface area contributed by atoms with Crippen LogP contribution < -0.4 is 5.32 Å². The monoisotopic (exact) mass is 352 g/mol. The molecule has 0 atom stereocenters. The van der Waals surface area contributed by atoms with E-state index in [1.165, 1.54) is 4.88 Å². The molecular formula is C15H13ClN2O2S2. The molecule has 4 nitrogen and oxygen atoms in total. The second-order valence-corrected chi connectivity index (χ2v) is 7.45. The Kier molecular flexibility index (Phi) is 4.71. The van der Waals surface area contributed by atoms with Gasteiger partial charge in [-0.2, -0.15) is 0 Å². The van der Waals surface area contributed by atoms with Gasteiger partial charge in [-0.1, -0.05) is 11.6 Å². The lowest BCUT2D eigenvalue weighted by molar-refractivity contribution is -0.113. The second kappa shape index (κ2) is 6.73. The molecule has 2 heterocycles. The van der Waals surface area contributed by atoms with Crippen LogP contribution in [0.3, 0.4) is 0 Å². The van der Waals surface area contributed by atoms with Crippen LogP contribution in [-0.2, 0) is 10.5 Å². The number of nitrogens with zero attached hydrogens (tertiary/aromatic N) is 1. The molecule has 114 valence electrons. The Morgan fingerprint density at radius 1 is 1.41 bits per heavy atom. The van der Waals surface area contributed by atoms with Crippen molar-refractivity contribution in [2.24, 2.45) is 0 Å². The third-order valence-electron chi connectivity index (χ3n) is 2.88. The van der Waals surface area contributed by atoms with Crippen molar-refractivity contribution in [3.63, 3.8) is 0 Å². The van der Waals surface area contributed by atoms with E-state index in [1.54, 1.807) is 30.0 Å². The first-order valence-corrected chi connectivity index (χ1v) is 8.94. The van der Waals surface area contributed by atoms with Gasteiger partial charge in [0.15, 0.2) is 11.5 Å². The lowest BCUT2D eigenvalue weighted by Gasteiger charge is -2.04. The lowest BCUT2D eigenvalue weighted by Crippen LogP contribution is -2.14. The number of halogens is 1. The third-order valence-corrected chi connectivity index (χ3v) is 5.28. The number of nitrogens with one attached hydrogen (secondary N) is 1. The number of oxazole rings is 1. The summed E-state index contributed by atoms with van der Waals surface area (Å²) >= 11 is 8.98. The fraction of sp³-hybridized carbons (Fsp3) is 0.200. The number of thiophene rings is 1. The van der Waals surface area contributed by atoms with Crippen LogP contribution in [0.4, 0.5) is 5.69 Å². The van der Waals surface area contributed by atoms with E-state index in [2.05, 4.69) is 10.3 Å². The number of rotatable bonds is 5. The normalized spacial score (nSPS) is 11.0. The van der Waals surface area contributed by atoms with E-state index in [1.807, 2.05) is 30.3 Å². The van der Waals surface area contributed by atoms with Gasteiger partial charge in [-0.3, -0.25) is 4.79 Å². The summed E-state index contributed by atoms with van der Waals surface area (Å²) in [5, 5.41) is 2.87. The molecule has 0 bridgehead atoms. The predicted octanol–water partition coefficient (Wildman–Crippen LogP) is 4.72. The van der Waals surface area contributed by atoms with E-state index in [0.29, 0.717) is 11.6 Å². The van der Waals surface area contributed by atoms with Gasteiger partial charge in [0.25, 0.3) is 0 Å². The van der Waals surface area contributed by atoms with Crippen molar-refractivity contribution in [1.29, 1.82) is 0 Å². The molecule has 1 aromatic carbocycles. The van der Waals surface area contributed by atoms with Gasteiger partial charge in [0.05, 0.1) is 10.1 Å². The Bertz CT molecular complexity index is 813. The van der Waals surface area contributed by atoms with Crippen LogP contribution in [-0.4, -0.2) is 16.6 Å². The number of anilines is 1. The number of amides is 1. The highest BCUT2D eigenvalue weighted by Crippen LogP contribution is 2.25. The minimum Gasteiger partial charge on any atom is -0.441 e. The van der Waals surface area contributed by atoms with Crippen molar-refractivity contribution in [1.82, 2.24) is 4.98 Å². The average molecular weight is 353 g/mol. The first-order chi connectivity index (χ1) is 10.6. The zero-order valence-corrected chi connectivity index (χ0v) is 14.1. The molecule has 0 aliphatic heterocycles. The smallest absolute Gasteiger partial charge is 0.234 e. The summed E-state index contributed by atoms with van der Waals surface area (Å²) in [6.45, 7) is 1.80. The Hall–Kier alpha value is -1.50. The van der Waals surface area contributed by atoms with E-state index in [9.17, 15) is 4.79 Å². The Morgan fingerprint density at radius 3 is 3.05 bits per heavy atom. The van der Waals surface area contributed by atoms with Gasteiger partial charge in [0, 0.05) is 23.2 Å². The fourth-order valence-corrected chi connectivity index (χ4v) is 4.02. The summed E-state index contributed by atoms with van der Waals surface area (Å²) in [5.74, 6) is 1.76. The predicted molar refractivity (Wildman–Crippen MR) is 92.9 cm³/mol. The van der Waals surface area contributed by atoms with Crippen molar-refractivity contribution in [2.45, 2.75) is 12.7 Å². The SMILES string of the molecule is Cc1nc2cc(NC(=O)CSCc3ccc(Cl)s3)ccc2o1. The van der Waals surface area contributed by atoms with Gasteiger partial charge in [-0.05, 0) is 30.3 Å². The Labute approximate surface area is 140 Å². The summed E-state index contributed by atoms with van der Waals surface area (Å²) in [6, 6.07) is 9.30. The Balaban J connectivity index is 1.53. The van der Waals surface area contributed by atoms with E-state index in [0.717, 1.165) is 26.9 Å². The van der Waals surface area contributed by atoms with E-state index in [-0.39, 0.29) is 5.91 Å². The molecule has 3 rings (SSSR count). The highest BCUT2D eigenvalue weighted by molar-refractivity contribution is 7.99. The largest absolute Gasteiger partial charge is 0.441 e. The molecule has 0 aliphatic rings. The van der Waals surface area contributed by atoms with Crippen molar-refractivity contribution >= 4 is 57.4 Å². The molecule has 22 heavy (non-hydrogen) atoms. The molecule has 7 heteroatoms. The van der Waals surface area contributed by atoms with Crippen LogP contribution in [0.5, 0.6) is 0 Å². The topological polar surface area (TPSA) is 55.1 Å². The van der Waals surface area contributed by atoms with Crippen LogP contribution in [0.2, 0.25) is 4.34 Å². The maximum Gasteiger partial charge on any atom is 0.234 e. The number of fused-ring (bicyclic) bond motifs is 1. The van der Waals surface area contributed by atoms with Crippen molar-refractivity contribution < 1.29 is 9.21 Å². The van der Waals surface area contributed by atoms with Gasteiger partial charge < -0.3 is 9.73 Å². The van der Waals surface area contributed by atoms with Gasteiger partial charge >= 0.3 is 0 Å². The quantitative estimate of drug-likeness (QED) is 0.721. The molecule has 3 aromatic rings. The molecule has 0 spiro atoms. The van der Waals surface area contributed by atoms with Crippen LogP contribution >= 0.6 is 34.7 Å². The summed E-state index contributed by atoms with van der Waals surface area (Å²) in [6.07, 6.45) is 0. The molecule has 0 radical (unpaired) electrons. The number of aromatic nitrogens is 1. The molecule has 0 saturated heterocycles. The summed E-state index contributed by atoms with van der Waals surface area (Å²) in [4.78, 5) is 17.4.